The molecule has 0 spiro atoms. The van der Waals surface area contributed by atoms with Crippen molar-refractivity contribution in [3.05, 3.63) is 29.8 Å². The minimum absolute atomic E-state index is 0.0451. The normalized spacial score (nSPS) is 26.3. The van der Waals surface area contributed by atoms with Gasteiger partial charge < -0.3 is 19.3 Å². The van der Waals surface area contributed by atoms with Gasteiger partial charge in [0.1, 0.15) is 18.0 Å². The molecule has 0 N–H and O–H groups in total. The fourth-order valence-electron chi connectivity index (χ4n) is 4.22. The average Bonchev–Trinajstić information content (AvgIpc) is 3.03. The number of likely N-dealkylation sites (N-methyl/N-ethyl adjacent to an activating group) is 1. The lowest BCUT2D eigenvalue weighted by molar-refractivity contribution is 0.00359. The molecule has 0 saturated carbocycles. The molecule has 156 valence electrons. The van der Waals surface area contributed by atoms with Gasteiger partial charge in [-0.1, -0.05) is 19.1 Å². The Kier molecular flexibility index (Phi) is 6.54. The second-order valence-electron chi connectivity index (χ2n) is 9.49. The fraction of sp³-hybridized carbons (Fsp3) is 0.696. The quantitative estimate of drug-likeness (QED) is 0.738. The molecule has 3 atom stereocenters. The van der Waals surface area contributed by atoms with Crippen LogP contribution in [0.1, 0.15) is 65.0 Å². The Labute approximate surface area is 170 Å². The van der Waals surface area contributed by atoms with Crippen LogP contribution >= 0.6 is 0 Å². The fourth-order valence-corrected chi connectivity index (χ4v) is 4.22. The maximum atomic E-state index is 12.8. The van der Waals surface area contributed by atoms with Crippen LogP contribution in [0.3, 0.4) is 0 Å². The topological polar surface area (TPSA) is 42.0 Å². The summed E-state index contributed by atoms with van der Waals surface area (Å²) in [5.74, 6) is 1.38. The molecule has 0 unspecified atom stereocenters. The van der Waals surface area contributed by atoms with Gasteiger partial charge in [-0.25, -0.2) is 4.79 Å². The van der Waals surface area contributed by atoms with Gasteiger partial charge in [0.25, 0.3) is 0 Å². The smallest absolute Gasteiger partial charge is 0.410 e. The van der Waals surface area contributed by atoms with Crippen molar-refractivity contribution < 1.29 is 14.3 Å². The maximum Gasteiger partial charge on any atom is 0.410 e. The van der Waals surface area contributed by atoms with E-state index >= 15 is 0 Å². The Balaban J connectivity index is 1.71. The van der Waals surface area contributed by atoms with Gasteiger partial charge in [-0.3, -0.25) is 0 Å². The van der Waals surface area contributed by atoms with Crippen LogP contribution in [0.2, 0.25) is 0 Å². The van der Waals surface area contributed by atoms with E-state index in [9.17, 15) is 4.79 Å². The first-order chi connectivity index (χ1) is 13.2. The second-order valence-corrected chi connectivity index (χ2v) is 9.49. The van der Waals surface area contributed by atoms with Gasteiger partial charge in [-0.15, -0.1) is 0 Å². The molecule has 0 aliphatic carbocycles. The maximum absolute atomic E-state index is 12.8. The van der Waals surface area contributed by atoms with Crippen molar-refractivity contribution in [3.63, 3.8) is 0 Å². The molecule has 28 heavy (non-hydrogen) atoms. The van der Waals surface area contributed by atoms with Crippen LogP contribution in [0, 0.1) is 5.92 Å². The molecule has 0 radical (unpaired) electrons. The number of amides is 1. The van der Waals surface area contributed by atoms with E-state index in [1.165, 1.54) is 12.8 Å². The number of piperidine rings is 1. The monoisotopic (exact) mass is 388 g/mol. The zero-order valence-electron chi connectivity index (χ0n) is 18.1. The Morgan fingerprint density at radius 1 is 1.21 bits per heavy atom. The Hall–Kier alpha value is -1.75. The molecule has 5 nitrogen and oxygen atoms in total. The van der Waals surface area contributed by atoms with Crippen LogP contribution in [-0.4, -0.2) is 54.3 Å². The lowest BCUT2D eigenvalue weighted by Gasteiger charge is -2.39. The van der Waals surface area contributed by atoms with Gasteiger partial charge in [0.05, 0.1) is 6.04 Å². The van der Waals surface area contributed by atoms with Crippen LogP contribution in [0.15, 0.2) is 24.3 Å². The van der Waals surface area contributed by atoms with E-state index in [4.69, 9.17) is 9.47 Å². The zero-order chi connectivity index (χ0) is 20.3. The van der Waals surface area contributed by atoms with Crippen LogP contribution < -0.4 is 4.74 Å². The molecule has 2 aliphatic heterocycles. The Bertz CT molecular complexity index is 670. The highest BCUT2D eigenvalue weighted by molar-refractivity contribution is 5.69. The van der Waals surface area contributed by atoms with Crippen molar-refractivity contribution in [2.45, 2.75) is 71.1 Å². The SMILES string of the molecule is C[C@H]1CC[C@H](c2cccc(OC[C@@H]3CCCN3C)c2)N(C(=O)OC(C)(C)C)C1. The predicted octanol–water partition coefficient (Wildman–Crippen LogP) is 4.87. The molecule has 3 rings (SSSR count). The van der Waals surface area contributed by atoms with Gasteiger partial charge in [0.2, 0.25) is 0 Å². The third-order valence-corrected chi connectivity index (χ3v) is 5.80. The number of carbonyl (C=O) groups is 1. The van der Waals surface area contributed by atoms with Gasteiger partial charge in [0.15, 0.2) is 0 Å². The summed E-state index contributed by atoms with van der Waals surface area (Å²) in [6, 6.07) is 8.80. The number of rotatable bonds is 4. The molecule has 2 heterocycles. The van der Waals surface area contributed by atoms with Crippen molar-refractivity contribution in [2.75, 3.05) is 26.7 Å². The van der Waals surface area contributed by atoms with Crippen LogP contribution in [0.25, 0.3) is 0 Å². The number of nitrogens with zero attached hydrogens (tertiary/aromatic N) is 2. The lowest BCUT2D eigenvalue weighted by Crippen LogP contribution is -2.44. The summed E-state index contributed by atoms with van der Waals surface area (Å²) in [5.41, 5.74) is 0.649. The molecule has 1 amide bonds. The highest BCUT2D eigenvalue weighted by Crippen LogP contribution is 2.35. The molecule has 0 bridgehead atoms. The first kappa shape index (κ1) is 21.0. The highest BCUT2D eigenvalue weighted by atomic mass is 16.6. The molecular formula is C23H36N2O3. The molecule has 0 aromatic heterocycles. The number of likely N-dealkylation sites (tertiary alicyclic amines) is 2. The molecule has 1 aromatic carbocycles. The first-order valence-corrected chi connectivity index (χ1v) is 10.7. The van der Waals surface area contributed by atoms with E-state index in [1.807, 2.05) is 37.8 Å². The van der Waals surface area contributed by atoms with Crippen molar-refractivity contribution in [2.24, 2.45) is 5.92 Å². The van der Waals surface area contributed by atoms with Crippen molar-refractivity contribution in [1.82, 2.24) is 9.80 Å². The van der Waals surface area contributed by atoms with Gasteiger partial charge in [-0.05, 0) is 83.7 Å². The van der Waals surface area contributed by atoms with Gasteiger partial charge in [0, 0.05) is 12.6 Å². The molecule has 2 saturated heterocycles. The van der Waals surface area contributed by atoms with Crippen LogP contribution in [-0.2, 0) is 4.74 Å². The van der Waals surface area contributed by atoms with E-state index in [-0.39, 0.29) is 12.1 Å². The summed E-state index contributed by atoms with van der Waals surface area (Å²) in [5, 5.41) is 0. The molecule has 1 aromatic rings. The third-order valence-electron chi connectivity index (χ3n) is 5.80. The largest absolute Gasteiger partial charge is 0.492 e. The highest BCUT2D eigenvalue weighted by Gasteiger charge is 2.34. The first-order valence-electron chi connectivity index (χ1n) is 10.7. The number of hydrogen-bond donors (Lipinski definition) is 0. The number of hydrogen-bond acceptors (Lipinski definition) is 4. The van der Waals surface area contributed by atoms with E-state index in [0.717, 1.165) is 43.9 Å². The molecule has 2 fully saturated rings. The summed E-state index contributed by atoms with van der Waals surface area (Å²) >= 11 is 0. The van der Waals surface area contributed by atoms with Gasteiger partial charge >= 0.3 is 6.09 Å². The Morgan fingerprint density at radius 3 is 2.68 bits per heavy atom. The summed E-state index contributed by atoms with van der Waals surface area (Å²) in [7, 11) is 2.17. The second kappa shape index (κ2) is 8.73. The lowest BCUT2D eigenvalue weighted by atomic mass is 9.90. The third kappa shape index (κ3) is 5.40. The van der Waals surface area contributed by atoms with E-state index < -0.39 is 5.60 Å². The van der Waals surface area contributed by atoms with Crippen molar-refractivity contribution in [1.29, 1.82) is 0 Å². The van der Waals surface area contributed by atoms with E-state index in [1.54, 1.807) is 0 Å². The number of benzene rings is 1. The summed E-state index contributed by atoms with van der Waals surface area (Å²) in [4.78, 5) is 17.1. The predicted molar refractivity (Wildman–Crippen MR) is 112 cm³/mol. The van der Waals surface area contributed by atoms with Crippen molar-refractivity contribution >= 4 is 6.09 Å². The molecule has 5 heteroatoms. The van der Waals surface area contributed by atoms with E-state index in [2.05, 4.69) is 31.0 Å². The average molecular weight is 389 g/mol. The molecule has 2 aliphatic rings. The minimum Gasteiger partial charge on any atom is -0.492 e. The van der Waals surface area contributed by atoms with E-state index in [0.29, 0.717) is 12.0 Å². The number of carbonyl (C=O) groups excluding carboxylic acids is 1. The van der Waals surface area contributed by atoms with Gasteiger partial charge in [-0.2, -0.15) is 0 Å². The molecular weight excluding hydrogens is 352 g/mol. The van der Waals surface area contributed by atoms with Crippen LogP contribution in [0.5, 0.6) is 5.75 Å². The minimum atomic E-state index is -0.486. The standard InChI is InChI=1S/C23H36N2O3/c1-17-11-12-21(25(15-17)22(26)28-23(2,3)4)18-8-6-10-20(14-18)27-16-19-9-7-13-24(19)5/h6,8,10,14,17,19,21H,7,9,11-13,15-16H2,1-5H3/t17-,19-,21+/m0/s1. The summed E-state index contributed by atoms with van der Waals surface area (Å²) < 4.78 is 11.8. The number of ether oxygens (including phenoxy) is 2. The van der Waals surface area contributed by atoms with Crippen molar-refractivity contribution in [3.8, 4) is 5.75 Å². The van der Waals surface area contributed by atoms with Crippen LogP contribution in [0.4, 0.5) is 4.79 Å². The zero-order valence-corrected chi connectivity index (χ0v) is 18.1. The Morgan fingerprint density at radius 2 is 2.00 bits per heavy atom. The summed E-state index contributed by atoms with van der Waals surface area (Å²) in [6.45, 7) is 10.6. The summed E-state index contributed by atoms with van der Waals surface area (Å²) in [6.07, 6.45) is 4.29.